The third-order valence-electron chi connectivity index (χ3n) is 6.17. The number of likely N-dealkylation sites (tertiary alicyclic amines) is 1. The molecule has 0 saturated carbocycles. The highest BCUT2D eigenvalue weighted by molar-refractivity contribution is 5.98. The molecule has 0 spiro atoms. The van der Waals surface area contributed by atoms with Crippen molar-refractivity contribution >= 4 is 23.2 Å². The lowest BCUT2D eigenvalue weighted by Gasteiger charge is -2.34. The fourth-order valence-corrected chi connectivity index (χ4v) is 4.11. The number of rotatable bonds is 8. The summed E-state index contributed by atoms with van der Waals surface area (Å²) in [5, 5.41) is 14.0. The molecule has 1 heterocycles. The molecule has 2 amide bonds. The molecule has 1 saturated heterocycles. The minimum Gasteiger partial charge on any atom is -1.00 e. The van der Waals surface area contributed by atoms with Crippen molar-refractivity contribution < 1.29 is 31.8 Å². The standard InChI is InChI=1S/C24H30N4O4.ClH/c1-3-23(29)25-21-10-9-19(17-22(21)28(31)32)24(30)27-15-12-20(13-16-27)26(2)14-11-18-7-5-4-6-8-18;/h4-10,17,20H,3,11-16H2,1-2H3,(H,25,29);1H. The highest BCUT2D eigenvalue weighted by atomic mass is 35.5. The van der Waals surface area contributed by atoms with E-state index in [0.29, 0.717) is 19.1 Å². The lowest BCUT2D eigenvalue weighted by Crippen LogP contribution is -3.13. The number of hydrogen-bond donors (Lipinski definition) is 2. The van der Waals surface area contributed by atoms with Crippen molar-refractivity contribution in [1.29, 1.82) is 0 Å². The van der Waals surface area contributed by atoms with E-state index in [9.17, 15) is 19.7 Å². The van der Waals surface area contributed by atoms with Crippen LogP contribution < -0.4 is 22.6 Å². The van der Waals surface area contributed by atoms with Gasteiger partial charge in [-0.15, -0.1) is 0 Å². The zero-order valence-electron chi connectivity index (χ0n) is 19.1. The number of piperidine rings is 1. The van der Waals surface area contributed by atoms with E-state index in [4.69, 9.17) is 0 Å². The number of nitrogens with one attached hydrogen (secondary N) is 2. The van der Waals surface area contributed by atoms with Crippen molar-refractivity contribution in [3.63, 3.8) is 0 Å². The third-order valence-corrected chi connectivity index (χ3v) is 6.17. The van der Waals surface area contributed by atoms with E-state index in [1.54, 1.807) is 17.9 Å². The maximum absolute atomic E-state index is 13.0. The van der Waals surface area contributed by atoms with Crippen LogP contribution in [0.15, 0.2) is 48.5 Å². The second kappa shape index (κ2) is 12.3. The zero-order valence-corrected chi connectivity index (χ0v) is 19.8. The number of likely N-dealkylation sites (N-methyl/N-ethyl adjacent to an activating group) is 1. The van der Waals surface area contributed by atoms with Crippen LogP contribution in [-0.2, 0) is 11.2 Å². The molecule has 0 bridgehead atoms. The summed E-state index contributed by atoms with van der Waals surface area (Å²) in [4.78, 5) is 38.7. The van der Waals surface area contributed by atoms with Crippen molar-refractivity contribution in [2.75, 3.05) is 32.0 Å². The Morgan fingerprint density at radius 3 is 2.42 bits per heavy atom. The molecule has 0 aromatic heterocycles. The van der Waals surface area contributed by atoms with Gasteiger partial charge in [-0.25, -0.2) is 0 Å². The normalized spacial score (nSPS) is 14.8. The number of carbonyl (C=O) groups is 2. The van der Waals surface area contributed by atoms with Gasteiger partial charge >= 0.3 is 0 Å². The highest BCUT2D eigenvalue weighted by Crippen LogP contribution is 2.27. The summed E-state index contributed by atoms with van der Waals surface area (Å²) in [5.41, 5.74) is 1.45. The first kappa shape index (κ1) is 26.3. The average Bonchev–Trinajstić information content (AvgIpc) is 2.82. The molecular weight excluding hydrogens is 444 g/mol. The summed E-state index contributed by atoms with van der Waals surface area (Å²) < 4.78 is 0. The smallest absolute Gasteiger partial charge is 0.293 e. The van der Waals surface area contributed by atoms with E-state index in [-0.39, 0.29) is 47.6 Å². The number of benzene rings is 2. The maximum Gasteiger partial charge on any atom is 0.293 e. The number of halogens is 1. The predicted octanol–water partition coefficient (Wildman–Crippen LogP) is -0.691. The molecular formula is C24H31ClN4O4. The van der Waals surface area contributed by atoms with E-state index < -0.39 is 4.92 Å². The Morgan fingerprint density at radius 2 is 1.82 bits per heavy atom. The number of anilines is 1. The number of nitro benzene ring substituents is 1. The van der Waals surface area contributed by atoms with Gasteiger partial charge < -0.3 is 27.5 Å². The molecule has 1 unspecified atom stereocenters. The number of nitro groups is 1. The fraction of sp³-hybridized carbons (Fsp3) is 0.417. The number of hydrogen-bond acceptors (Lipinski definition) is 4. The van der Waals surface area contributed by atoms with Gasteiger partial charge in [0.2, 0.25) is 5.91 Å². The van der Waals surface area contributed by atoms with Crippen LogP contribution in [-0.4, -0.2) is 54.4 Å². The molecule has 0 radical (unpaired) electrons. The Morgan fingerprint density at radius 1 is 1.15 bits per heavy atom. The SMILES string of the molecule is CCC(=O)Nc1ccc(C(=O)N2CCC([NH+](C)CCc3ccccc3)CC2)cc1[N+](=O)[O-].[Cl-]. The molecule has 2 N–H and O–H groups in total. The van der Waals surface area contributed by atoms with Crippen LogP contribution in [0.2, 0.25) is 0 Å². The first-order chi connectivity index (χ1) is 15.4. The Hall–Kier alpha value is -2.97. The minimum absolute atomic E-state index is 0. The largest absolute Gasteiger partial charge is 1.00 e. The summed E-state index contributed by atoms with van der Waals surface area (Å²) in [6, 6.07) is 15.2. The van der Waals surface area contributed by atoms with Crippen molar-refractivity contribution in [1.82, 2.24) is 4.90 Å². The lowest BCUT2D eigenvalue weighted by molar-refractivity contribution is -0.907. The molecule has 9 heteroatoms. The quantitative estimate of drug-likeness (QED) is 0.391. The van der Waals surface area contributed by atoms with E-state index in [2.05, 4.69) is 36.6 Å². The Labute approximate surface area is 200 Å². The molecule has 2 aromatic rings. The first-order valence-electron chi connectivity index (χ1n) is 11.1. The van der Waals surface area contributed by atoms with Gasteiger partial charge in [-0.2, -0.15) is 0 Å². The molecule has 33 heavy (non-hydrogen) atoms. The second-order valence-electron chi connectivity index (χ2n) is 8.29. The predicted molar refractivity (Wildman–Crippen MR) is 123 cm³/mol. The van der Waals surface area contributed by atoms with Crippen LogP contribution in [0.3, 0.4) is 0 Å². The Bertz CT molecular complexity index is 962. The third kappa shape index (κ3) is 7.00. The van der Waals surface area contributed by atoms with E-state index in [1.165, 1.54) is 22.6 Å². The molecule has 1 aliphatic heterocycles. The van der Waals surface area contributed by atoms with Gasteiger partial charge in [0.05, 0.1) is 24.6 Å². The summed E-state index contributed by atoms with van der Waals surface area (Å²) in [6.45, 7) is 3.98. The van der Waals surface area contributed by atoms with Crippen molar-refractivity contribution in [3.05, 3.63) is 69.8 Å². The molecule has 0 aliphatic carbocycles. The lowest BCUT2D eigenvalue weighted by atomic mass is 10.0. The van der Waals surface area contributed by atoms with Crippen LogP contribution in [0.1, 0.15) is 42.1 Å². The van der Waals surface area contributed by atoms with E-state index >= 15 is 0 Å². The average molecular weight is 475 g/mol. The van der Waals surface area contributed by atoms with Gasteiger partial charge in [0.15, 0.2) is 0 Å². The topological polar surface area (TPSA) is 97.0 Å². The Kier molecular flexibility index (Phi) is 9.81. The summed E-state index contributed by atoms with van der Waals surface area (Å²) in [6.07, 6.45) is 3.04. The van der Waals surface area contributed by atoms with Crippen LogP contribution in [0.4, 0.5) is 11.4 Å². The monoisotopic (exact) mass is 474 g/mol. The van der Waals surface area contributed by atoms with Crippen molar-refractivity contribution in [2.45, 2.75) is 38.6 Å². The van der Waals surface area contributed by atoms with Gasteiger partial charge in [-0.3, -0.25) is 19.7 Å². The minimum atomic E-state index is -0.570. The summed E-state index contributed by atoms with van der Waals surface area (Å²) in [7, 11) is 2.21. The number of amides is 2. The van der Waals surface area contributed by atoms with Gasteiger partial charge in [0.25, 0.3) is 11.6 Å². The second-order valence-corrected chi connectivity index (χ2v) is 8.29. The number of carbonyl (C=O) groups excluding carboxylic acids is 2. The summed E-state index contributed by atoms with van der Waals surface area (Å²) in [5.74, 6) is -0.519. The number of quaternary nitrogens is 1. The van der Waals surface area contributed by atoms with Gasteiger partial charge in [-0.05, 0) is 17.7 Å². The summed E-state index contributed by atoms with van der Waals surface area (Å²) >= 11 is 0. The number of nitrogens with zero attached hydrogens (tertiary/aromatic N) is 2. The van der Waals surface area contributed by atoms with Crippen LogP contribution in [0, 0.1) is 10.1 Å². The molecule has 2 aromatic carbocycles. The van der Waals surface area contributed by atoms with Gasteiger partial charge in [-0.1, -0.05) is 37.3 Å². The highest BCUT2D eigenvalue weighted by Gasteiger charge is 2.29. The molecule has 8 nitrogen and oxygen atoms in total. The van der Waals surface area contributed by atoms with Gasteiger partial charge in [0.1, 0.15) is 5.69 Å². The molecule has 3 rings (SSSR count). The molecule has 1 fully saturated rings. The molecule has 1 aliphatic rings. The van der Waals surface area contributed by atoms with E-state index in [1.807, 2.05) is 6.07 Å². The van der Waals surface area contributed by atoms with Crippen LogP contribution >= 0.6 is 0 Å². The van der Waals surface area contributed by atoms with Crippen molar-refractivity contribution in [3.8, 4) is 0 Å². The Balaban J connectivity index is 0.00000385. The maximum atomic E-state index is 13.0. The van der Waals surface area contributed by atoms with E-state index in [0.717, 1.165) is 25.8 Å². The van der Waals surface area contributed by atoms with Gasteiger partial charge in [0, 0.05) is 50.4 Å². The van der Waals surface area contributed by atoms with Crippen LogP contribution in [0.5, 0.6) is 0 Å². The first-order valence-corrected chi connectivity index (χ1v) is 11.1. The van der Waals surface area contributed by atoms with Crippen LogP contribution in [0.25, 0.3) is 0 Å². The fourth-order valence-electron chi connectivity index (χ4n) is 4.11. The molecule has 178 valence electrons. The molecule has 1 atom stereocenters. The van der Waals surface area contributed by atoms with Crippen molar-refractivity contribution in [2.24, 2.45) is 0 Å². The zero-order chi connectivity index (χ0) is 23.1.